The van der Waals surface area contributed by atoms with Gasteiger partial charge in [-0.1, -0.05) is 78.4 Å². The zero-order valence-electron chi connectivity index (χ0n) is 28.4. The summed E-state index contributed by atoms with van der Waals surface area (Å²) < 4.78 is 41.1. The van der Waals surface area contributed by atoms with Crippen LogP contribution in [0.3, 0.4) is 0 Å². The van der Waals surface area contributed by atoms with Crippen molar-refractivity contribution in [3.05, 3.63) is 150 Å². The van der Waals surface area contributed by atoms with Crippen LogP contribution >= 0.6 is 0 Å². The Labute approximate surface area is 294 Å². The minimum atomic E-state index is -4.25. The first-order chi connectivity index (χ1) is 24.2. The van der Waals surface area contributed by atoms with Gasteiger partial charge in [-0.05, 0) is 85.6 Å². The second kappa shape index (κ2) is 16.7. The first-order valence-corrected chi connectivity index (χ1v) is 17.8. The van der Waals surface area contributed by atoms with Crippen molar-refractivity contribution in [2.75, 3.05) is 24.5 Å². The van der Waals surface area contributed by atoms with E-state index in [-0.39, 0.29) is 29.5 Å². The highest BCUT2D eigenvalue weighted by Gasteiger charge is 2.34. The van der Waals surface area contributed by atoms with Crippen molar-refractivity contribution in [3.8, 4) is 17.2 Å². The number of benzene rings is 5. The number of hydrogen-bond acceptors (Lipinski definition) is 6. The highest BCUT2D eigenvalue weighted by molar-refractivity contribution is 7.92. The average molecular weight is 692 g/mol. The first-order valence-electron chi connectivity index (χ1n) is 16.3. The van der Waals surface area contributed by atoms with E-state index in [1.165, 1.54) is 17.0 Å². The highest BCUT2D eigenvalue weighted by Crippen LogP contribution is 2.29. The minimum absolute atomic E-state index is 0.0319. The summed E-state index contributed by atoms with van der Waals surface area (Å²) in [5.41, 5.74) is 2.73. The lowest BCUT2D eigenvalue weighted by molar-refractivity contribution is -0.140. The summed E-state index contributed by atoms with van der Waals surface area (Å²) in [4.78, 5) is 29.9. The molecule has 0 heterocycles. The van der Waals surface area contributed by atoms with Crippen molar-refractivity contribution >= 4 is 27.5 Å². The van der Waals surface area contributed by atoms with Gasteiger partial charge in [-0.25, -0.2) is 8.42 Å². The Balaban J connectivity index is 1.56. The number of methoxy groups -OCH3 is 1. The van der Waals surface area contributed by atoms with E-state index in [9.17, 15) is 18.0 Å². The zero-order valence-corrected chi connectivity index (χ0v) is 29.2. The fourth-order valence-electron chi connectivity index (χ4n) is 5.48. The molecule has 258 valence electrons. The predicted molar refractivity (Wildman–Crippen MR) is 195 cm³/mol. The van der Waals surface area contributed by atoms with Crippen molar-refractivity contribution in [1.29, 1.82) is 0 Å². The van der Waals surface area contributed by atoms with E-state index in [1.807, 2.05) is 86.6 Å². The molecule has 0 saturated heterocycles. The van der Waals surface area contributed by atoms with Gasteiger partial charge in [0.1, 0.15) is 29.8 Å². The fourth-order valence-corrected chi connectivity index (χ4v) is 6.90. The van der Waals surface area contributed by atoms with Gasteiger partial charge in [0.25, 0.3) is 10.0 Å². The molecule has 10 heteroatoms. The van der Waals surface area contributed by atoms with Crippen LogP contribution in [0.4, 0.5) is 5.69 Å². The SMILES string of the molecule is CCNC(=O)[C@@H](Cc1ccccc1)N(Cc1cccc(OC)c1)C(=O)CN(c1ccc(Oc2ccccc2)cc1)S(=O)(=O)c1ccc(C)cc1. The van der Waals surface area contributed by atoms with E-state index in [0.29, 0.717) is 23.8 Å². The number of nitrogens with zero attached hydrogens (tertiary/aromatic N) is 2. The van der Waals surface area contributed by atoms with Gasteiger partial charge in [0.05, 0.1) is 17.7 Å². The number of para-hydroxylation sites is 1. The van der Waals surface area contributed by atoms with Crippen LogP contribution < -0.4 is 19.1 Å². The molecule has 2 amide bonds. The maximum Gasteiger partial charge on any atom is 0.264 e. The number of ether oxygens (including phenoxy) is 2. The number of carbonyl (C=O) groups is 2. The summed E-state index contributed by atoms with van der Waals surface area (Å²) in [5, 5.41) is 2.88. The molecule has 0 unspecified atom stereocenters. The Morgan fingerprint density at radius 2 is 1.34 bits per heavy atom. The molecule has 0 saturated carbocycles. The summed E-state index contributed by atoms with van der Waals surface area (Å²) in [7, 11) is -2.69. The monoisotopic (exact) mass is 691 g/mol. The van der Waals surface area contributed by atoms with E-state index < -0.39 is 28.5 Å². The van der Waals surface area contributed by atoms with Gasteiger partial charge in [-0.15, -0.1) is 0 Å². The quantitative estimate of drug-likeness (QED) is 0.130. The lowest BCUT2D eigenvalue weighted by atomic mass is 10.0. The third kappa shape index (κ3) is 9.09. The molecule has 0 aliphatic heterocycles. The van der Waals surface area contributed by atoms with Gasteiger partial charge >= 0.3 is 0 Å². The smallest absolute Gasteiger partial charge is 0.264 e. The average Bonchev–Trinajstić information content (AvgIpc) is 3.13. The Morgan fingerprint density at radius 3 is 1.98 bits per heavy atom. The number of anilines is 1. The van der Waals surface area contributed by atoms with Crippen LogP contribution in [0, 0.1) is 6.92 Å². The molecule has 50 heavy (non-hydrogen) atoms. The van der Waals surface area contributed by atoms with Gasteiger partial charge < -0.3 is 19.7 Å². The Kier molecular flexibility index (Phi) is 11.9. The Bertz CT molecular complexity index is 1970. The highest BCUT2D eigenvalue weighted by atomic mass is 32.2. The van der Waals surface area contributed by atoms with Crippen LogP contribution in [-0.4, -0.2) is 51.4 Å². The molecule has 9 nitrogen and oxygen atoms in total. The van der Waals surface area contributed by atoms with Crippen LogP contribution in [0.15, 0.2) is 138 Å². The largest absolute Gasteiger partial charge is 0.497 e. The van der Waals surface area contributed by atoms with Crippen LogP contribution in [-0.2, 0) is 32.6 Å². The molecule has 5 aromatic rings. The fraction of sp³-hybridized carbons (Fsp3) is 0.200. The van der Waals surface area contributed by atoms with Crippen molar-refractivity contribution in [2.24, 2.45) is 0 Å². The van der Waals surface area contributed by atoms with Crippen molar-refractivity contribution in [1.82, 2.24) is 10.2 Å². The number of aryl methyl sites for hydroxylation is 1. The molecule has 0 aliphatic rings. The summed E-state index contributed by atoms with van der Waals surface area (Å²) in [5.74, 6) is 0.817. The van der Waals surface area contributed by atoms with E-state index in [1.54, 1.807) is 55.6 Å². The van der Waals surface area contributed by atoms with Crippen LogP contribution in [0.25, 0.3) is 0 Å². The van der Waals surface area contributed by atoms with Crippen molar-refractivity contribution in [3.63, 3.8) is 0 Å². The lowest BCUT2D eigenvalue weighted by Gasteiger charge is -2.34. The number of rotatable bonds is 15. The molecule has 0 radical (unpaired) electrons. The number of sulfonamides is 1. The standard InChI is InChI=1S/C40H41N3O6S/c1-4-41-40(45)38(27-31-12-7-5-8-13-31)42(28-32-14-11-17-36(26-32)48-3)39(44)29-43(50(46,47)37-24-18-30(2)19-25-37)33-20-22-35(23-21-33)49-34-15-9-6-10-16-34/h5-26,38H,4,27-29H2,1-3H3,(H,41,45)/t38-/m1/s1. The number of likely N-dealkylation sites (N-methyl/N-ethyl adjacent to an activating group) is 1. The molecule has 0 bridgehead atoms. The molecule has 0 fully saturated rings. The van der Waals surface area contributed by atoms with E-state index in [0.717, 1.165) is 21.0 Å². The maximum absolute atomic E-state index is 14.7. The molecule has 0 aromatic heterocycles. The van der Waals surface area contributed by atoms with Gasteiger partial charge in [-0.2, -0.15) is 0 Å². The lowest BCUT2D eigenvalue weighted by Crippen LogP contribution is -2.53. The minimum Gasteiger partial charge on any atom is -0.497 e. The number of hydrogen-bond donors (Lipinski definition) is 1. The summed E-state index contributed by atoms with van der Waals surface area (Å²) in [6.45, 7) is 3.51. The summed E-state index contributed by atoms with van der Waals surface area (Å²) in [6, 6.07) is 37.9. The Morgan fingerprint density at radius 1 is 0.740 bits per heavy atom. The van der Waals surface area contributed by atoms with Gasteiger partial charge in [-0.3, -0.25) is 13.9 Å². The predicted octanol–water partition coefficient (Wildman–Crippen LogP) is 6.77. The third-order valence-electron chi connectivity index (χ3n) is 8.10. The second-order valence-electron chi connectivity index (χ2n) is 11.7. The molecule has 5 rings (SSSR count). The Hall–Kier alpha value is -5.61. The maximum atomic E-state index is 14.7. The molecule has 0 spiro atoms. The van der Waals surface area contributed by atoms with E-state index >= 15 is 0 Å². The molecule has 5 aromatic carbocycles. The number of nitrogens with one attached hydrogen (secondary N) is 1. The zero-order chi connectivity index (χ0) is 35.5. The summed E-state index contributed by atoms with van der Waals surface area (Å²) >= 11 is 0. The number of amides is 2. The molecule has 1 atom stereocenters. The van der Waals surface area contributed by atoms with Crippen LogP contribution in [0.1, 0.15) is 23.6 Å². The molecular formula is C40H41N3O6S. The van der Waals surface area contributed by atoms with Crippen molar-refractivity contribution in [2.45, 2.75) is 37.8 Å². The number of carbonyl (C=O) groups excluding carboxylic acids is 2. The van der Waals surface area contributed by atoms with Crippen LogP contribution in [0.5, 0.6) is 17.2 Å². The van der Waals surface area contributed by atoms with Gasteiger partial charge in [0, 0.05) is 19.5 Å². The summed E-state index contributed by atoms with van der Waals surface area (Å²) in [6.07, 6.45) is 0.221. The van der Waals surface area contributed by atoms with Gasteiger partial charge in [0.2, 0.25) is 11.8 Å². The van der Waals surface area contributed by atoms with E-state index in [4.69, 9.17) is 9.47 Å². The second-order valence-corrected chi connectivity index (χ2v) is 13.6. The van der Waals surface area contributed by atoms with E-state index in [2.05, 4.69) is 5.32 Å². The first kappa shape index (κ1) is 35.7. The van der Waals surface area contributed by atoms with Gasteiger partial charge in [0.15, 0.2) is 0 Å². The molecule has 1 N–H and O–H groups in total. The topological polar surface area (TPSA) is 105 Å². The van der Waals surface area contributed by atoms with Crippen molar-refractivity contribution < 1.29 is 27.5 Å². The van der Waals surface area contributed by atoms with Crippen LogP contribution in [0.2, 0.25) is 0 Å². The molecule has 0 aliphatic carbocycles. The molecular weight excluding hydrogens is 651 g/mol. The normalized spacial score (nSPS) is 11.7. The third-order valence-corrected chi connectivity index (χ3v) is 9.89.